The molecule has 0 aromatic heterocycles. The third kappa shape index (κ3) is 47.5. The first-order chi connectivity index (χ1) is 29.5. The lowest BCUT2D eigenvalue weighted by Crippen LogP contribution is -2.30. The van der Waals surface area contributed by atoms with E-state index < -0.39 is 6.10 Å². The fourth-order valence-electron chi connectivity index (χ4n) is 8.27. The molecule has 0 radical (unpaired) electrons. The van der Waals surface area contributed by atoms with Crippen LogP contribution in [0.5, 0.6) is 0 Å². The van der Waals surface area contributed by atoms with Crippen LogP contribution in [0.3, 0.4) is 0 Å². The number of carbonyl (C=O) groups is 3. The second kappa shape index (κ2) is 50.1. The Morgan fingerprint density at radius 3 is 0.667 bits per heavy atom. The Labute approximate surface area is 374 Å². The van der Waals surface area contributed by atoms with Gasteiger partial charge in [0.2, 0.25) is 0 Å². The fourth-order valence-corrected chi connectivity index (χ4v) is 8.27. The predicted molar refractivity (Wildman–Crippen MR) is 257 cm³/mol. The van der Waals surface area contributed by atoms with Crippen LogP contribution in [0.1, 0.15) is 310 Å². The van der Waals surface area contributed by atoms with Crippen molar-refractivity contribution in [3.8, 4) is 0 Å². The van der Waals surface area contributed by atoms with Crippen molar-refractivity contribution in [2.24, 2.45) is 0 Å². The maximum Gasteiger partial charge on any atom is 0.306 e. The van der Waals surface area contributed by atoms with Crippen LogP contribution in [0.2, 0.25) is 0 Å². The van der Waals surface area contributed by atoms with Gasteiger partial charge in [0.25, 0.3) is 0 Å². The first kappa shape index (κ1) is 58.4. The van der Waals surface area contributed by atoms with Crippen LogP contribution in [-0.2, 0) is 28.6 Å². The van der Waals surface area contributed by atoms with Crippen molar-refractivity contribution in [1.82, 2.24) is 0 Å². The Bertz CT molecular complexity index is 841. The molecule has 60 heavy (non-hydrogen) atoms. The number of hydrogen-bond donors (Lipinski definition) is 0. The van der Waals surface area contributed by atoms with E-state index in [0.29, 0.717) is 19.3 Å². The topological polar surface area (TPSA) is 78.9 Å². The van der Waals surface area contributed by atoms with Crippen LogP contribution in [0.25, 0.3) is 0 Å². The third-order valence-electron chi connectivity index (χ3n) is 12.4. The van der Waals surface area contributed by atoms with Crippen LogP contribution >= 0.6 is 0 Å². The van der Waals surface area contributed by atoms with Gasteiger partial charge in [0.05, 0.1) is 0 Å². The molecule has 0 atom stereocenters. The average molecular weight is 852 g/mol. The van der Waals surface area contributed by atoms with Crippen molar-refractivity contribution in [2.45, 2.75) is 316 Å². The fraction of sp³-hybridized carbons (Fsp3) is 0.944. The van der Waals surface area contributed by atoms with Gasteiger partial charge in [-0.15, -0.1) is 0 Å². The third-order valence-corrected chi connectivity index (χ3v) is 12.4. The van der Waals surface area contributed by atoms with Gasteiger partial charge in [0.1, 0.15) is 13.2 Å². The van der Waals surface area contributed by atoms with Gasteiger partial charge in [-0.3, -0.25) is 14.4 Å². The number of ether oxygens (including phenoxy) is 3. The molecule has 0 N–H and O–H groups in total. The minimum absolute atomic E-state index is 0.0615. The molecular formula is C54H104O6. The molecule has 0 spiro atoms. The lowest BCUT2D eigenvalue weighted by Gasteiger charge is -2.18. The summed E-state index contributed by atoms with van der Waals surface area (Å²) in [5, 5.41) is 0. The molecule has 6 heteroatoms. The maximum atomic E-state index is 12.8. The zero-order valence-corrected chi connectivity index (χ0v) is 40.8. The van der Waals surface area contributed by atoms with Crippen molar-refractivity contribution >= 4 is 17.9 Å². The lowest BCUT2D eigenvalue weighted by molar-refractivity contribution is -0.167. The van der Waals surface area contributed by atoms with E-state index in [1.807, 2.05) is 0 Å². The summed E-state index contributed by atoms with van der Waals surface area (Å²) in [5.74, 6) is -0.837. The predicted octanol–water partition coefficient (Wildman–Crippen LogP) is 17.6. The average Bonchev–Trinajstić information content (AvgIpc) is 3.24. The van der Waals surface area contributed by atoms with Crippen molar-refractivity contribution in [1.29, 1.82) is 0 Å². The first-order valence-corrected chi connectivity index (χ1v) is 27.0. The molecule has 0 aromatic carbocycles. The number of rotatable bonds is 50. The SMILES string of the molecule is CCCCCCCCCCCCCCCC[13C](=O)OCC(CO[13C](=O)CCCCCCCCCCCCCCCC)O[13C](=O)CCCCCCCCCCCCCCCC. The van der Waals surface area contributed by atoms with Gasteiger partial charge >= 0.3 is 17.9 Å². The number of esters is 3. The quantitative estimate of drug-likeness (QED) is 0.0262. The Kier molecular flexibility index (Phi) is 48.7. The summed E-state index contributed by atoms with van der Waals surface area (Å²) >= 11 is 0. The highest BCUT2D eigenvalue weighted by molar-refractivity contribution is 5.71. The Morgan fingerprint density at radius 1 is 0.267 bits per heavy atom. The molecule has 0 heterocycles. The Hall–Kier alpha value is -1.59. The van der Waals surface area contributed by atoms with Crippen LogP contribution < -0.4 is 0 Å². The number of carbonyl (C=O) groups excluding carboxylic acids is 3. The Morgan fingerprint density at radius 2 is 0.450 bits per heavy atom. The molecule has 0 aliphatic carbocycles. The second-order valence-corrected chi connectivity index (χ2v) is 18.5. The van der Waals surface area contributed by atoms with E-state index in [0.717, 1.165) is 57.8 Å². The van der Waals surface area contributed by atoms with Crippen LogP contribution in [-0.4, -0.2) is 37.2 Å². The minimum atomic E-state index is -0.760. The molecule has 0 amide bonds. The van der Waals surface area contributed by atoms with Crippen LogP contribution in [0, 0.1) is 0 Å². The normalized spacial score (nSPS) is 11.4. The van der Waals surface area contributed by atoms with E-state index in [2.05, 4.69) is 20.8 Å². The monoisotopic (exact) mass is 852 g/mol. The van der Waals surface area contributed by atoms with E-state index in [4.69, 9.17) is 14.2 Å². The molecule has 0 aliphatic rings. The number of unbranched alkanes of at least 4 members (excludes halogenated alkanes) is 39. The zero-order chi connectivity index (χ0) is 43.7. The highest BCUT2D eigenvalue weighted by Gasteiger charge is 2.19. The molecular weight excluding hydrogens is 748 g/mol. The van der Waals surface area contributed by atoms with Crippen LogP contribution in [0.15, 0.2) is 0 Å². The van der Waals surface area contributed by atoms with Gasteiger partial charge < -0.3 is 14.2 Å². The summed E-state index contributed by atoms with van der Waals surface area (Å²) in [6.07, 6.45) is 53.6. The standard InChI is InChI=1S/C54H104O6/c1-4-7-10-13-16-19-22-25-28-31-34-37-40-43-46-52(55)58-49-51(60-54(57)48-45-42-39-36-33-30-27-24-21-18-15-12-9-6-3)50-59-53(56)47-44-41-38-35-32-29-26-23-20-17-14-11-8-5-2/h51H,4-50H2,1-3H3/i52+1,53+1,54+1. The highest BCUT2D eigenvalue weighted by Crippen LogP contribution is 2.17. The van der Waals surface area contributed by atoms with Gasteiger partial charge in [0, 0.05) is 19.3 Å². The minimum Gasteiger partial charge on any atom is -0.462 e. The van der Waals surface area contributed by atoms with E-state index in [1.165, 1.54) is 212 Å². The van der Waals surface area contributed by atoms with Crippen molar-refractivity contribution in [3.05, 3.63) is 0 Å². The van der Waals surface area contributed by atoms with Gasteiger partial charge in [-0.1, -0.05) is 271 Å². The van der Waals surface area contributed by atoms with E-state index in [9.17, 15) is 14.4 Å². The summed E-state index contributed by atoms with van der Waals surface area (Å²) in [4.78, 5) is 38.0. The Balaban J connectivity index is 4.30. The smallest absolute Gasteiger partial charge is 0.306 e. The molecule has 0 rings (SSSR count). The lowest BCUT2D eigenvalue weighted by atomic mass is 10.0. The van der Waals surface area contributed by atoms with Crippen molar-refractivity contribution in [3.63, 3.8) is 0 Å². The summed E-state index contributed by atoms with van der Waals surface area (Å²) in [5.41, 5.74) is 0. The second-order valence-electron chi connectivity index (χ2n) is 18.5. The molecule has 0 aliphatic heterocycles. The van der Waals surface area contributed by atoms with Crippen LogP contribution in [0.4, 0.5) is 0 Å². The summed E-state index contributed by atoms with van der Waals surface area (Å²) in [6.45, 7) is 6.69. The molecule has 0 unspecified atom stereocenters. The molecule has 356 valence electrons. The largest absolute Gasteiger partial charge is 0.462 e. The number of hydrogen-bond acceptors (Lipinski definition) is 6. The van der Waals surface area contributed by atoms with Gasteiger partial charge in [0.15, 0.2) is 6.10 Å². The maximum absolute atomic E-state index is 12.8. The highest BCUT2D eigenvalue weighted by atomic mass is 16.7. The van der Waals surface area contributed by atoms with E-state index in [1.54, 1.807) is 0 Å². The summed E-state index contributed by atoms with van der Waals surface area (Å²) in [6, 6.07) is 0. The molecule has 0 fully saturated rings. The summed E-state index contributed by atoms with van der Waals surface area (Å²) in [7, 11) is 0. The van der Waals surface area contributed by atoms with E-state index in [-0.39, 0.29) is 31.1 Å². The zero-order valence-electron chi connectivity index (χ0n) is 40.8. The van der Waals surface area contributed by atoms with Gasteiger partial charge in [-0.05, 0) is 19.3 Å². The first-order valence-electron chi connectivity index (χ1n) is 27.0. The molecule has 0 saturated heterocycles. The van der Waals surface area contributed by atoms with E-state index >= 15 is 0 Å². The molecule has 0 bridgehead atoms. The van der Waals surface area contributed by atoms with Gasteiger partial charge in [-0.25, -0.2) is 0 Å². The molecule has 6 nitrogen and oxygen atoms in total. The van der Waals surface area contributed by atoms with Crippen molar-refractivity contribution < 1.29 is 28.6 Å². The van der Waals surface area contributed by atoms with Crippen molar-refractivity contribution in [2.75, 3.05) is 13.2 Å². The van der Waals surface area contributed by atoms with Gasteiger partial charge in [-0.2, -0.15) is 0 Å². The molecule has 0 aromatic rings. The summed E-state index contributed by atoms with van der Waals surface area (Å²) < 4.78 is 16.8. The molecule has 0 saturated carbocycles.